The fourth-order valence-electron chi connectivity index (χ4n) is 2.86. The number of hydrogen-bond acceptors (Lipinski definition) is 5. The first kappa shape index (κ1) is 18.0. The molecule has 1 amide bonds. The maximum absolute atomic E-state index is 12.3. The van der Waals surface area contributed by atoms with Crippen molar-refractivity contribution in [2.75, 3.05) is 12.1 Å². The number of fused-ring (bicyclic) bond motifs is 1. The quantitative estimate of drug-likeness (QED) is 0.588. The number of carbonyl (C=O) groups is 1. The van der Waals surface area contributed by atoms with Crippen LogP contribution >= 0.6 is 27.3 Å². The summed E-state index contributed by atoms with van der Waals surface area (Å²) in [6, 6.07) is 13.8. The van der Waals surface area contributed by atoms with E-state index in [0.29, 0.717) is 18.0 Å². The molecule has 0 unspecified atom stereocenters. The lowest BCUT2D eigenvalue weighted by molar-refractivity contribution is -0.116. The third-order valence-electron chi connectivity index (χ3n) is 4.24. The van der Waals surface area contributed by atoms with Gasteiger partial charge >= 0.3 is 0 Å². The van der Waals surface area contributed by atoms with Crippen LogP contribution in [0.5, 0.6) is 11.5 Å². The normalized spacial score (nSPS) is 12.2. The van der Waals surface area contributed by atoms with E-state index < -0.39 is 0 Å². The van der Waals surface area contributed by atoms with Crippen LogP contribution in [0.25, 0.3) is 11.3 Å². The predicted octanol–water partition coefficient (Wildman–Crippen LogP) is 5.18. The van der Waals surface area contributed by atoms with Gasteiger partial charge in [0.25, 0.3) is 0 Å². The van der Waals surface area contributed by atoms with Gasteiger partial charge in [0.1, 0.15) is 0 Å². The van der Waals surface area contributed by atoms with Gasteiger partial charge in [0.2, 0.25) is 12.7 Å². The topological polar surface area (TPSA) is 60.5 Å². The molecule has 0 saturated carbocycles. The van der Waals surface area contributed by atoms with Crippen LogP contribution in [0.1, 0.15) is 16.9 Å². The van der Waals surface area contributed by atoms with Gasteiger partial charge in [0.15, 0.2) is 16.6 Å². The third-order valence-corrected chi connectivity index (χ3v) is 5.65. The number of rotatable bonds is 5. The lowest BCUT2D eigenvalue weighted by Crippen LogP contribution is -2.12. The van der Waals surface area contributed by atoms with Crippen molar-refractivity contribution in [2.24, 2.45) is 0 Å². The first-order valence-electron chi connectivity index (χ1n) is 8.50. The Kier molecular flexibility index (Phi) is 5.13. The van der Waals surface area contributed by atoms with E-state index >= 15 is 0 Å². The number of nitrogens with one attached hydrogen (secondary N) is 1. The maximum Gasteiger partial charge on any atom is 0.231 e. The van der Waals surface area contributed by atoms with Crippen LogP contribution in [0.4, 0.5) is 5.13 Å². The van der Waals surface area contributed by atoms with Crippen LogP contribution in [-0.2, 0) is 11.2 Å². The lowest BCUT2D eigenvalue weighted by Gasteiger charge is -2.04. The Bertz CT molecular complexity index is 985. The van der Waals surface area contributed by atoms with E-state index in [-0.39, 0.29) is 12.7 Å². The average Bonchev–Trinajstić information content (AvgIpc) is 3.26. The zero-order valence-corrected chi connectivity index (χ0v) is 17.0. The van der Waals surface area contributed by atoms with Gasteiger partial charge in [0.05, 0.1) is 5.69 Å². The molecule has 0 spiro atoms. The Morgan fingerprint density at radius 3 is 2.78 bits per heavy atom. The van der Waals surface area contributed by atoms with Crippen LogP contribution < -0.4 is 14.8 Å². The summed E-state index contributed by atoms with van der Waals surface area (Å²) in [4.78, 5) is 18.0. The van der Waals surface area contributed by atoms with Gasteiger partial charge in [0, 0.05) is 21.3 Å². The Balaban J connectivity index is 1.38. The van der Waals surface area contributed by atoms with Gasteiger partial charge in [-0.1, -0.05) is 34.1 Å². The van der Waals surface area contributed by atoms with Crippen molar-refractivity contribution in [3.8, 4) is 22.8 Å². The summed E-state index contributed by atoms with van der Waals surface area (Å²) < 4.78 is 11.7. The Hall–Kier alpha value is -2.38. The molecule has 1 aromatic heterocycles. The molecule has 7 heteroatoms. The van der Waals surface area contributed by atoms with Crippen LogP contribution in [0.2, 0.25) is 0 Å². The predicted molar refractivity (Wildman–Crippen MR) is 110 cm³/mol. The molecule has 27 heavy (non-hydrogen) atoms. The van der Waals surface area contributed by atoms with Crippen molar-refractivity contribution in [3.05, 3.63) is 57.4 Å². The minimum absolute atomic E-state index is 0.0521. The Morgan fingerprint density at radius 2 is 1.96 bits per heavy atom. The van der Waals surface area contributed by atoms with E-state index in [1.165, 1.54) is 11.3 Å². The van der Waals surface area contributed by atoms with Gasteiger partial charge < -0.3 is 14.8 Å². The highest BCUT2D eigenvalue weighted by Gasteiger charge is 2.15. The smallest absolute Gasteiger partial charge is 0.231 e. The fourth-order valence-corrected chi connectivity index (χ4v) is 3.98. The Morgan fingerprint density at radius 1 is 1.19 bits per heavy atom. The molecule has 0 atom stereocenters. The number of carbonyl (C=O) groups excluding carboxylic acids is 1. The molecule has 0 radical (unpaired) electrons. The van der Waals surface area contributed by atoms with E-state index in [2.05, 4.69) is 26.2 Å². The fraction of sp³-hybridized carbons (Fsp3) is 0.200. The standard InChI is InChI=1S/C20H17BrN2O3S/c1-12-19(14-4-6-15(21)7-5-14)23-20(27-12)22-18(24)9-3-13-2-8-16-17(10-13)26-11-25-16/h2,4-8,10H,3,9,11H2,1H3,(H,22,23,24). The molecule has 4 rings (SSSR count). The average molecular weight is 445 g/mol. The van der Waals surface area contributed by atoms with Gasteiger partial charge in [-0.15, -0.1) is 11.3 Å². The van der Waals surface area contributed by atoms with Gasteiger partial charge in [-0.25, -0.2) is 4.98 Å². The number of benzene rings is 2. The van der Waals surface area contributed by atoms with Crippen molar-refractivity contribution in [3.63, 3.8) is 0 Å². The van der Waals surface area contributed by atoms with Crippen LogP contribution in [0.3, 0.4) is 0 Å². The molecule has 2 heterocycles. The number of amides is 1. The summed E-state index contributed by atoms with van der Waals surface area (Å²) in [6.07, 6.45) is 1.01. The molecule has 138 valence electrons. The van der Waals surface area contributed by atoms with E-state index in [1.54, 1.807) is 0 Å². The lowest BCUT2D eigenvalue weighted by atomic mass is 10.1. The number of hydrogen-bond donors (Lipinski definition) is 1. The zero-order valence-electron chi connectivity index (χ0n) is 14.6. The highest BCUT2D eigenvalue weighted by Crippen LogP contribution is 2.33. The minimum atomic E-state index is -0.0521. The largest absolute Gasteiger partial charge is 0.454 e. The number of nitrogens with zero attached hydrogens (tertiary/aromatic N) is 1. The van der Waals surface area contributed by atoms with Gasteiger partial charge in [-0.3, -0.25) is 4.79 Å². The number of halogens is 1. The highest BCUT2D eigenvalue weighted by atomic mass is 79.9. The molecule has 2 aromatic carbocycles. The van der Waals surface area contributed by atoms with Crippen molar-refractivity contribution in [2.45, 2.75) is 19.8 Å². The first-order chi connectivity index (χ1) is 13.1. The van der Waals surface area contributed by atoms with Gasteiger partial charge in [-0.05, 0) is 43.2 Å². The molecule has 5 nitrogen and oxygen atoms in total. The van der Waals surface area contributed by atoms with Crippen molar-refractivity contribution in [1.29, 1.82) is 0 Å². The van der Waals surface area contributed by atoms with Crippen molar-refractivity contribution >= 4 is 38.3 Å². The summed E-state index contributed by atoms with van der Waals surface area (Å²) in [5.74, 6) is 1.44. The van der Waals surface area contributed by atoms with Crippen LogP contribution in [0, 0.1) is 6.92 Å². The number of thiazole rings is 1. The molecule has 0 bridgehead atoms. The molecule has 3 aromatic rings. The summed E-state index contributed by atoms with van der Waals surface area (Å²) in [6.45, 7) is 2.26. The number of ether oxygens (including phenoxy) is 2. The molecule has 0 fully saturated rings. The highest BCUT2D eigenvalue weighted by molar-refractivity contribution is 9.10. The maximum atomic E-state index is 12.3. The molecule has 1 aliphatic heterocycles. The van der Waals surface area contributed by atoms with E-state index in [1.807, 2.05) is 49.4 Å². The number of aromatic nitrogens is 1. The number of aryl methyl sites for hydroxylation is 2. The van der Waals surface area contributed by atoms with Crippen LogP contribution in [-0.4, -0.2) is 17.7 Å². The SMILES string of the molecule is Cc1sc(NC(=O)CCc2ccc3c(c2)OCO3)nc1-c1ccc(Br)cc1. The second-order valence-electron chi connectivity index (χ2n) is 6.17. The van der Waals surface area contributed by atoms with E-state index in [4.69, 9.17) is 9.47 Å². The minimum Gasteiger partial charge on any atom is -0.454 e. The van der Waals surface area contributed by atoms with E-state index in [0.717, 1.165) is 37.7 Å². The second-order valence-corrected chi connectivity index (χ2v) is 8.29. The van der Waals surface area contributed by atoms with Crippen molar-refractivity contribution < 1.29 is 14.3 Å². The van der Waals surface area contributed by atoms with Crippen molar-refractivity contribution in [1.82, 2.24) is 4.98 Å². The zero-order chi connectivity index (χ0) is 18.8. The summed E-state index contributed by atoms with van der Waals surface area (Å²) in [7, 11) is 0. The number of anilines is 1. The Labute approximate surface area is 169 Å². The molecule has 0 aliphatic carbocycles. The third kappa shape index (κ3) is 4.14. The molecule has 1 aliphatic rings. The van der Waals surface area contributed by atoms with Crippen LogP contribution in [0.15, 0.2) is 46.9 Å². The second kappa shape index (κ2) is 7.70. The first-order valence-corrected chi connectivity index (χ1v) is 10.1. The molecule has 1 N–H and O–H groups in total. The van der Waals surface area contributed by atoms with E-state index in [9.17, 15) is 4.79 Å². The molecule has 0 saturated heterocycles. The van der Waals surface area contributed by atoms with Gasteiger partial charge in [-0.2, -0.15) is 0 Å². The summed E-state index contributed by atoms with van der Waals surface area (Å²) in [5.41, 5.74) is 2.98. The molecular formula is C20H17BrN2O3S. The summed E-state index contributed by atoms with van der Waals surface area (Å²) in [5, 5.41) is 3.54. The summed E-state index contributed by atoms with van der Waals surface area (Å²) >= 11 is 4.93. The molecular weight excluding hydrogens is 428 g/mol. The monoisotopic (exact) mass is 444 g/mol.